The Bertz CT molecular complexity index is 927. The minimum atomic E-state index is -4.87. The van der Waals surface area contributed by atoms with E-state index < -0.39 is 34.6 Å². The van der Waals surface area contributed by atoms with E-state index >= 15 is 0 Å². The van der Waals surface area contributed by atoms with Crippen LogP contribution in [0.25, 0.3) is 0 Å². The highest BCUT2D eigenvalue weighted by atomic mass is 32.2. The standard InChI is InChI=1S/C18H17F4NO3S/c1-2-23(17(18(20,21)22)12-3-6-15(19)7-4-12)27(24,25)16-8-5-13-10-26-11-14(13)9-16/h3-9,17H,2,10-11H2,1H3. The Labute approximate surface area is 154 Å². The van der Waals surface area contributed by atoms with Gasteiger partial charge in [-0.15, -0.1) is 0 Å². The van der Waals surface area contributed by atoms with E-state index in [0.717, 1.165) is 29.8 Å². The highest BCUT2D eigenvalue weighted by molar-refractivity contribution is 7.89. The summed E-state index contributed by atoms with van der Waals surface area (Å²) in [6, 6.07) is 5.40. The number of benzene rings is 2. The van der Waals surface area contributed by atoms with E-state index in [1.165, 1.54) is 19.1 Å². The van der Waals surface area contributed by atoms with Gasteiger partial charge in [0.15, 0.2) is 0 Å². The van der Waals surface area contributed by atoms with E-state index in [-0.39, 0.29) is 17.1 Å². The van der Waals surface area contributed by atoms with E-state index in [1.54, 1.807) is 6.07 Å². The molecule has 2 aromatic rings. The van der Waals surface area contributed by atoms with Gasteiger partial charge in [-0.2, -0.15) is 17.5 Å². The Morgan fingerprint density at radius 3 is 2.30 bits per heavy atom. The zero-order valence-electron chi connectivity index (χ0n) is 14.3. The molecule has 0 saturated heterocycles. The van der Waals surface area contributed by atoms with E-state index in [4.69, 9.17) is 4.74 Å². The molecule has 3 rings (SSSR count). The van der Waals surface area contributed by atoms with Crippen molar-refractivity contribution in [1.82, 2.24) is 4.31 Å². The topological polar surface area (TPSA) is 46.6 Å². The van der Waals surface area contributed by atoms with Gasteiger partial charge in [0, 0.05) is 6.54 Å². The van der Waals surface area contributed by atoms with E-state index in [2.05, 4.69) is 0 Å². The molecule has 1 unspecified atom stereocenters. The first kappa shape index (κ1) is 19.8. The zero-order chi connectivity index (χ0) is 19.8. The fourth-order valence-electron chi connectivity index (χ4n) is 3.10. The maximum atomic E-state index is 13.8. The Kier molecular flexibility index (Phi) is 5.29. The van der Waals surface area contributed by atoms with Crippen molar-refractivity contribution in [3.05, 3.63) is 65.0 Å². The molecule has 27 heavy (non-hydrogen) atoms. The maximum Gasteiger partial charge on any atom is 0.409 e. The molecule has 1 aliphatic heterocycles. The quantitative estimate of drug-likeness (QED) is 0.704. The van der Waals surface area contributed by atoms with Crippen molar-refractivity contribution in [3.8, 4) is 0 Å². The Morgan fingerprint density at radius 2 is 1.70 bits per heavy atom. The van der Waals surface area contributed by atoms with Gasteiger partial charge >= 0.3 is 6.18 Å². The molecule has 0 radical (unpaired) electrons. The number of ether oxygens (including phenoxy) is 1. The first-order chi connectivity index (χ1) is 12.6. The molecule has 1 heterocycles. The van der Waals surface area contributed by atoms with Crippen LogP contribution < -0.4 is 0 Å². The van der Waals surface area contributed by atoms with Gasteiger partial charge < -0.3 is 4.74 Å². The lowest BCUT2D eigenvalue weighted by Crippen LogP contribution is -2.42. The SMILES string of the molecule is CCN(C(c1ccc(F)cc1)C(F)(F)F)S(=O)(=O)c1ccc2c(c1)COC2. The second-order valence-electron chi connectivity index (χ2n) is 6.13. The van der Waals surface area contributed by atoms with Crippen LogP contribution in [0.5, 0.6) is 0 Å². The van der Waals surface area contributed by atoms with Crippen molar-refractivity contribution in [2.24, 2.45) is 0 Å². The fourth-order valence-corrected chi connectivity index (χ4v) is 4.76. The molecule has 0 aromatic heterocycles. The summed E-state index contributed by atoms with van der Waals surface area (Å²) in [4.78, 5) is -0.232. The van der Waals surface area contributed by atoms with Crippen molar-refractivity contribution < 1.29 is 30.7 Å². The largest absolute Gasteiger partial charge is 0.409 e. The number of hydrogen-bond donors (Lipinski definition) is 0. The van der Waals surface area contributed by atoms with Crippen LogP contribution in [0.15, 0.2) is 47.4 Å². The van der Waals surface area contributed by atoms with Crippen LogP contribution in [0.4, 0.5) is 17.6 Å². The number of nitrogens with zero attached hydrogens (tertiary/aromatic N) is 1. The predicted molar refractivity (Wildman–Crippen MR) is 89.7 cm³/mol. The molecule has 0 spiro atoms. The second kappa shape index (κ2) is 7.21. The van der Waals surface area contributed by atoms with Gasteiger partial charge in [-0.25, -0.2) is 12.8 Å². The van der Waals surface area contributed by atoms with Gasteiger partial charge in [0.05, 0.1) is 18.1 Å². The van der Waals surface area contributed by atoms with Gasteiger partial charge in [0.25, 0.3) is 0 Å². The van der Waals surface area contributed by atoms with Gasteiger partial charge in [0.1, 0.15) is 11.9 Å². The lowest BCUT2D eigenvalue weighted by atomic mass is 10.1. The number of hydrogen-bond acceptors (Lipinski definition) is 3. The lowest BCUT2D eigenvalue weighted by Gasteiger charge is -2.32. The molecule has 0 bridgehead atoms. The van der Waals surface area contributed by atoms with Gasteiger partial charge in [-0.05, 0) is 41.0 Å². The van der Waals surface area contributed by atoms with Crippen molar-refractivity contribution in [1.29, 1.82) is 0 Å². The summed E-state index contributed by atoms with van der Waals surface area (Å²) >= 11 is 0. The third-order valence-electron chi connectivity index (χ3n) is 4.39. The van der Waals surface area contributed by atoms with Crippen molar-refractivity contribution in [2.45, 2.75) is 37.3 Å². The third-order valence-corrected chi connectivity index (χ3v) is 6.33. The highest BCUT2D eigenvalue weighted by Crippen LogP contribution is 2.40. The van der Waals surface area contributed by atoms with Crippen LogP contribution in [0, 0.1) is 5.82 Å². The van der Waals surface area contributed by atoms with Crippen LogP contribution in [0.2, 0.25) is 0 Å². The van der Waals surface area contributed by atoms with Crippen LogP contribution in [0.1, 0.15) is 29.7 Å². The molecule has 1 atom stereocenters. The fraction of sp³-hybridized carbons (Fsp3) is 0.333. The summed E-state index contributed by atoms with van der Waals surface area (Å²) in [5, 5.41) is 0. The first-order valence-corrected chi connectivity index (χ1v) is 9.62. The molecule has 146 valence electrons. The average molecular weight is 403 g/mol. The molecule has 0 N–H and O–H groups in total. The molecule has 4 nitrogen and oxygen atoms in total. The van der Waals surface area contributed by atoms with Crippen molar-refractivity contribution in [2.75, 3.05) is 6.54 Å². The maximum absolute atomic E-state index is 13.8. The van der Waals surface area contributed by atoms with E-state index in [9.17, 15) is 26.0 Å². The normalized spacial score (nSPS) is 15.8. The predicted octanol–water partition coefficient (Wildman–Crippen LogP) is 4.17. The second-order valence-corrected chi connectivity index (χ2v) is 8.02. The Hall–Kier alpha value is -1.97. The molecule has 2 aromatic carbocycles. The first-order valence-electron chi connectivity index (χ1n) is 8.18. The minimum absolute atomic E-state index is 0.214. The summed E-state index contributed by atoms with van der Waals surface area (Å²) in [6.07, 6.45) is -4.87. The van der Waals surface area contributed by atoms with E-state index in [1.807, 2.05) is 0 Å². The molecule has 0 fully saturated rings. The molecular weight excluding hydrogens is 386 g/mol. The Balaban J connectivity index is 2.07. The van der Waals surface area contributed by atoms with Gasteiger partial charge in [-0.3, -0.25) is 0 Å². The van der Waals surface area contributed by atoms with Crippen LogP contribution in [0.3, 0.4) is 0 Å². The van der Waals surface area contributed by atoms with Crippen LogP contribution in [-0.4, -0.2) is 25.4 Å². The monoisotopic (exact) mass is 403 g/mol. The van der Waals surface area contributed by atoms with Crippen LogP contribution >= 0.6 is 0 Å². The Morgan fingerprint density at radius 1 is 1.07 bits per heavy atom. The molecule has 0 aliphatic carbocycles. The number of sulfonamides is 1. The average Bonchev–Trinajstić information content (AvgIpc) is 3.07. The molecule has 0 amide bonds. The molecule has 9 heteroatoms. The number of fused-ring (bicyclic) bond motifs is 1. The van der Waals surface area contributed by atoms with Crippen molar-refractivity contribution in [3.63, 3.8) is 0 Å². The molecule has 1 aliphatic rings. The summed E-state index contributed by atoms with van der Waals surface area (Å²) in [5.41, 5.74) is 1.10. The van der Waals surface area contributed by atoms with Gasteiger partial charge in [-0.1, -0.05) is 25.1 Å². The highest BCUT2D eigenvalue weighted by Gasteiger charge is 2.48. The summed E-state index contributed by atoms with van der Waals surface area (Å²) in [5.74, 6) is -0.704. The summed E-state index contributed by atoms with van der Waals surface area (Å²) in [6.45, 7) is 1.48. The lowest BCUT2D eigenvalue weighted by molar-refractivity contribution is -0.173. The van der Waals surface area contributed by atoms with Crippen LogP contribution in [-0.2, 0) is 28.0 Å². The number of halogens is 4. The number of rotatable bonds is 5. The summed E-state index contributed by atoms with van der Waals surface area (Å²) in [7, 11) is -4.45. The minimum Gasteiger partial charge on any atom is -0.372 e. The van der Waals surface area contributed by atoms with Crippen molar-refractivity contribution >= 4 is 10.0 Å². The third kappa shape index (κ3) is 3.85. The smallest absolute Gasteiger partial charge is 0.372 e. The molecule has 0 saturated carbocycles. The zero-order valence-corrected chi connectivity index (χ0v) is 15.1. The summed E-state index contributed by atoms with van der Waals surface area (Å²) < 4.78 is 86.1. The molecular formula is C18H17F4NO3S. The van der Waals surface area contributed by atoms with Gasteiger partial charge in [0.2, 0.25) is 10.0 Å². The number of alkyl halides is 3. The van der Waals surface area contributed by atoms with E-state index in [0.29, 0.717) is 16.5 Å².